The molecule has 1 amide bonds. The van der Waals surface area contributed by atoms with Gasteiger partial charge in [0, 0.05) is 5.69 Å². The van der Waals surface area contributed by atoms with Gasteiger partial charge >= 0.3 is 5.97 Å². The number of ether oxygens (including phenoxy) is 1. The highest BCUT2D eigenvalue weighted by Gasteiger charge is 2.22. The van der Waals surface area contributed by atoms with E-state index in [-0.39, 0.29) is 11.9 Å². The van der Waals surface area contributed by atoms with Gasteiger partial charge < -0.3 is 15.4 Å². The minimum atomic E-state index is -0.396. The number of carbonyl (C=O) groups is 2. The largest absolute Gasteiger partial charge is 0.465 e. The van der Waals surface area contributed by atoms with Crippen LogP contribution in [0.15, 0.2) is 18.2 Å². The molecule has 0 bridgehead atoms. The molecule has 0 aliphatic carbocycles. The van der Waals surface area contributed by atoms with E-state index in [1.54, 1.807) is 18.2 Å². The van der Waals surface area contributed by atoms with E-state index in [1.807, 2.05) is 6.92 Å². The zero-order valence-corrected chi connectivity index (χ0v) is 11.2. The number of rotatable bonds is 3. The molecule has 0 saturated carbocycles. The molecular weight excluding hydrogens is 244 g/mol. The lowest BCUT2D eigenvalue weighted by Gasteiger charge is -2.12. The number of hydrogen-bond acceptors (Lipinski definition) is 4. The maximum absolute atomic E-state index is 12.0. The minimum Gasteiger partial charge on any atom is -0.465 e. The van der Waals surface area contributed by atoms with Gasteiger partial charge in [0.15, 0.2) is 0 Å². The molecule has 1 aromatic carbocycles. The lowest BCUT2D eigenvalue weighted by molar-refractivity contribution is -0.117. The predicted octanol–water partition coefficient (Wildman–Crippen LogP) is 1.47. The second-order valence-electron chi connectivity index (χ2n) is 4.66. The van der Waals surface area contributed by atoms with Crippen LogP contribution in [0.3, 0.4) is 0 Å². The summed E-state index contributed by atoms with van der Waals surface area (Å²) in [6, 6.07) is 5.09. The van der Waals surface area contributed by atoms with Gasteiger partial charge in [0.25, 0.3) is 0 Å². The van der Waals surface area contributed by atoms with Crippen molar-refractivity contribution >= 4 is 17.6 Å². The Balaban J connectivity index is 2.12. The van der Waals surface area contributed by atoms with Crippen LogP contribution in [-0.4, -0.2) is 31.6 Å². The van der Waals surface area contributed by atoms with Crippen LogP contribution < -0.4 is 10.6 Å². The fourth-order valence-corrected chi connectivity index (χ4v) is 2.17. The van der Waals surface area contributed by atoms with Crippen molar-refractivity contribution in [1.82, 2.24) is 5.32 Å². The summed E-state index contributed by atoms with van der Waals surface area (Å²) in [4.78, 5) is 23.5. The molecule has 0 aromatic heterocycles. The van der Waals surface area contributed by atoms with Gasteiger partial charge in [-0.1, -0.05) is 6.07 Å². The average molecular weight is 262 g/mol. The molecule has 1 aliphatic heterocycles. The van der Waals surface area contributed by atoms with Crippen LogP contribution in [0, 0.1) is 6.92 Å². The first-order valence-electron chi connectivity index (χ1n) is 6.35. The fourth-order valence-electron chi connectivity index (χ4n) is 2.17. The second-order valence-corrected chi connectivity index (χ2v) is 4.66. The topological polar surface area (TPSA) is 67.4 Å². The molecule has 1 saturated heterocycles. The molecule has 5 heteroatoms. The van der Waals surface area contributed by atoms with E-state index in [0.717, 1.165) is 24.9 Å². The summed E-state index contributed by atoms with van der Waals surface area (Å²) in [5, 5.41) is 5.95. The van der Waals surface area contributed by atoms with Crippen LogP contribution in [0.4, 0.5) is 5.69 Å². The fraction of sp³-hybridized carbons (Fsp3) is 0.429. The van der Waals surface area contributed by atoms with Crippen molar-refractivity contribution in [1.29, 1.82) is 0 Å². The quantitative estimate of drug-likeness (QED) is 0.810. The van der Waals surface area contributed by atoms with Crippen molar-refractivity contribution in [2.45, 2.75) is 25.8 Å². The molecule has 1 atom stereocenters. The highest BCUT2D eigenvalue weighted by Crippen LogP contribution is 2.17. The van der Waals surface area contributed by atoms with Gasteiger partial charge in [-0.25, -0.2) is 4.79 Å². The molecule has 1 heterocycles. The van der Waals surface area contributed by atoms with Crippen molar-refractivity contribution in [3.63, 3.8) is 0 Å². The van der Waals surface area contributed by atoms with Crippen LogP contribution in [-0.2, 0) is 9.53 Å². The molecule has 1 aliphatic rings. The summed E-state index contributed by atoms with van der Waals surface area (Å²) in [5.41, 5.74) is 1.91. The maximum atomic E-state index is 12.0. The molecule has 102 valence electrons. The standard InChI is InChI=1S/C14H18N2O3/c1-9-5-6-10(8-11(9)14(18)19-2)16-13(17)12-4-3-7-15-12/h5-6,8,12,15H,3-4,7H2,1-2H3,(H,16,17). The Morgan fingerprint density at radius 2 is 2.21 bits per heavy atom. The molecule has 1 aromatic rings. The third-order valence-electron chi connectivity index (χ3n) is 3.29. The summed E-state index contributed by atoms with van der Waals surface area (Å²) in [7, 11) is 1.34. The summed E-state index contributed by atoms with van der Waals surface area (Å²) in [6.07, 6.45) is 1.86. The van der Waals surface area contributed by atoms with E-state index in [4.69, 9.17) is 4.74 Å². The smallest absolute Gasteiger partial charge is 0.338 e. The average Bonchev–Trinajstić information content (AvgIpc) is 2.94. The first-order chi connectivity index (χ1) is 9.11. The highest BCUT2D eigenvalue weighted by molar-refractivity contribution is 5.97. The molecule has 2 N–H and O–H groups in total. The molecule has 1 unspecified atom stereocenters. The van der Waals surface area contributed by atoms with Crippen molar-refractivity contribution in [3.8, 4) is 0 Å². The van der Waals surface area contributed by atoms with Crippen molar-refractivity contribution < 1.29 is 14.3 Å². The normalized spacial score (nSPS) is 18.1. The van der Waals surface area contributed by atoms with Gasteiger partial charge in [0.05, 0.1) is 18.7 Å². The number of benzene rings is 1. The zero-order chi connectivity index (χ0) is 13.8. The number of carbonyl (C=O) groups excluding carboxylic acids is 2. The van der Waals surface area contributed by atoms with Crippen molar-refractivity contribution in [2.75, 3.05) is 19.0 Å². The van der Waals surface area contributed by atoms with Crippen molar-refractivity contribution in [3.05, 3.63) is 29.3 Å². The Morgan fingerprint density at radius 1 is 1.42 bits per heavy atom. The zero-order valence-electron chi connectivity index (χ0n) is 11.2. The van der Waals surface area contributed by atoms with Gasteiger partial charge in [-0.2, -0.15) is 0 Å². The molecule has 0 spiro atoms. The Kier molecular flexibility index (Phi) is 4.16. The molecule has 0 radical (unpaired) electrons. The first-order valence-corrected chi connectivity index (χ1v) is 6.35. The van der Waals surface area contributed by atoms with Gasteiger partial charge in [0.1, 0.15) is 0 Å². The van der Waals surface area contributed by atoms with E-state index in [1.165, 1.54) is 7.11 Å². The number of methoxy groups -OCH3 is 1. The third kappa shape index (κ3) is 3.12. The van der Waals surface area contributed by atoms with E-state index >= 15 is 0 Å². The van der Waals surface area contributed by atoms with Gasteiger partial charge in [-0.3, -0.25) is 4.79 Å². The predicted molar refractivity (Wildman–Crippen MR) is 72.2 cm³/mol. The molecule has 5 nitrogen and oxygen atoms in total. The Morgan fingerprint density at radius 3 is 2.84 bits per heavy atom. The number of anilines is 1. The Labute approximate surface area is 112 Å². The monoisotopic (exact) mass is 262 g/mol. The van der Waals surface area contributed by atoms with E-state index < -0.39 is 5.97 Å². The summed E-state index contributed by atoms with van der Waals surface area (Å²) < 4.78 is 4.71. The minimum absolute atomic E-state index is 0.0582. The number of amides is 1. The number of aryl methyl sites for hydroxylation is 1. The lowest BCUT2D eigenvalue weighted by Crippen LogP contribution is -2.35. The summed E-state index contributed by atoms with van der Waals surface area (Å²) in [5.74, 6) is -0.454. The summed E-state index contributed by atoms with van der Waals surface area (Å²) >= 11 is 0. The van der Waals surface area contributed by atoms with Crippen LogP contribution in [0.2, 0.25) is 0 Å². The van der Waals surface area contributed by atoms with Gasteiger partial charge in [-0.15, -0.1) is 0 Å². The molecule has 2 rings (SSSR count). The number of nitrogens with one attached hydrogen (secondary N) is 2. The second kappa shape index (κ2) is 5.84. The van der Waals surface area contributed by atoms with Gasteiger partial charge in [-0.05, 0) is 44.0 Å². The van der Waals surface area contributed by atoms with Crippen molar-refractivity contribution in [2.24, 2.45) is 0 Å². The van der Waals surface area contributed by atoms with Crippen LogP contribution in [0.25, 0.3) is 0 Å². The van der Waals surface area contributed by atoms with Crippen LogP contribution >= 0.6 is 0 Å². The molecule has 19 heavy (non-hydrogen) atoms. The molecule has 1 fully saturated rings. The van der Waals surface area contributed by atoms with E-state index in [2.05, 4.69) is 10.6 Å². The van der Waals surface area contributed by atoms with Gasteiger partial charge in [0.2, 0.25) is 5.91 Å². The SMILES string of the molecule is COC(=O)c1cc(NC(=O)C2CCCN2)ccc1C. The van der Waals surface area contributed by atoms with E-state index in [9.17, 15) is 9.59 Å². The molecular formula is C14H18N2O3. The number of esters is 1. The maximum Gasteiger partial charge on any atom is 0.338 e. The van der Waals surface area contributed by atoms with E-state index in [0.29, 0.717) is 11.3 Å². The lowest BCUT2D eigenvalue weighted by atomic mass is 10.1. The third-order valence-corrected chi connectivity index (χ3v) is 3.29. The highest BCUT2D eigenvalue weighted by atomic mass is 16.5. The Bertz CT molecular complexity index is 493. The summed E-state index contributed by atoms with van der Waals surface area (Å²) in [6.45, 7) is 2.70. The first kappa shape index (κ1) is 13.5. The number of hydrogen-bond donors (Lipinski definition) is 2. The Hall–Kier alpha value is -1.88. The van der Waals surface area contributed by atoms with Crippen LogP contribution in [0.1, 0.15) is 28.8 Å². The van der Waals surface area contributed by atoms with Crippen LogP contribution in [0.5, 0.6) is 0 Å².